The number of hydrogen-bond acceptors (Lipinski definition) is 5. The lowest BCUT2D eigenvalue weighted by molar-refractivity contribution is 0.0977. The molecule has 6 heteroatoms. The number of ether oxygens (including phenoxy) is 2. The van der Waals surface area contributed by atoms with Crippen LogP contribution in [0.4, 0.5) is 0 Å². The van der Waals surface area contributed by atoms with E-state index in [2.05, 4.69) is 25.8 Å². The van der Waals surface area contributed by atoms with Crippen molar-refractivity contribution in [1.82, 2.24) is 9.88 Å². The largest absolute Gasteiger partial charge is 0.490 e. The van der Waals surface area contributed by atoms with Gasteiger partial charge in [-0.3, -0.25) is 4.79 Å². The average Bonchev–Trinajstić information content (AvgIpc) is 2.53. The molecular weight excluding hydrogens is 352 g/mol. The fraction of sp³-hybridized carbons (Fsp3) is 0.600. The van der Waals surface area contributed by atoms with Gasteiger partial charge in [-0.1, -0.05) is 32.4 Å². The molecule has 0 saturated heterocycles. The lowest BCUT2D eigenvalue weighted by atomic mass is 9.68. The Morgan fingerprint density at radius 1 is 1.35 bits per heavy atom. The molecule has 0 saturated carbocycles. The van der Waals surface area contributed by atoms with E-state index in [9.17, 15) is 4.79 Å². The number of halogens is 1. The molecule has 144 valence electrons. The van der Waals surface area contributed by atoms with Gasteiger partial charge in [-0.15, -0.1) is 0 Å². The molecule has 1 aromatic rings. The van der Waals surface area contributed by atoms with Crippen LogP contribution in [-0.4, -0.2) is 50.1 Å². The summed E-state index contributed by atoms with van der Waals surface area (Å²) >= 11 is 6.27. The molecule has 0 radical (unpaired) electrons. The number of ketones is 1. The first-order valence-corrected chi connectivity index (χ1v) is 9.27. The van der Waals surface area contributed by atoms with Crippen LogP contribution >= 0.6 is 11.6 Å². The summed E-state index contributed by atoms with van der Waals surface area (Å²) in [7, 11) is 5.50. The summed E-state index contributed by atoms with van der Waals surface area (Å²) in [4.78, 5) is 19.4. The first-order valence-electron chi connectivity index (χ1n) is 8.89. The molecule has 1 heterocycles. The maximum Gasteiger partial charge on any atom is 0.209 e. The summed E-state index contributed by atoms with van der Waals surface area (Å²) < 4.78 is 10.8. The molecule has 0 unspecified atom stereocenters. The summed E-state index contributed by atoms with van der Waals surface area (Å²) in [5.41, 5.74) is 2.08. The molecule has 26 heavy (non-hydrogen) atoms. The Hall–Kier alpha value is -1.59. The van der Waals surface area contributed by atoms with Gasteiger partial charge in [0.25, 0.3) is 0 Å². The lowest BCUT2D eigenvalue weighted by Gasteiger charge is -2.36. The maximum absolute atomic E-state index is 13.1. The highest BCUT2D eigenvalue weighted by molar-refractivity contribution is 6.31. The first kappa shape index (κ1) is 20.7. The van der Waals surface area contributed by atoms with Crippen molar-refractivity contribution in [3.05, 3.63) is 34.2 Å². The van der Waals surface area contributed by atoms with E-state index in [0.29, 0.717) is 24.7 Å². The number of methoxy groups -OCH3 is 1. The van der Waals surface area contributed by atoms with Crippen molar-refractivity contribution in [3.8, 4) is 5.75 Å². The van der Waals surface area contributed by atoms with Crippen LogP contribution in [0.1, 0.15) is 43.2 Å². The van der Waals surface area contributed by atoms with E-state index in [1.165, 1.54) is 0 Å². The summed E-state index contributed by atoms with van der Waals surface area (Å²) in [5.74, 6) is 0.587. The van der Waals surface area contributed by atoms with Crippen LogP contribution in [0.25, 0.3) is 0 Å². The number of pyridine rings is 1. The van der Waals surface area contributed by atoms with Crippen LogP contribution in [0.3, 0.4) is 0 Å². The average molecular weight is 381 g/mol. The quantitative estimate of drug-likeness (QED) is 0.424. The van der Waals surface area contributed by atoms with Gasteiger partial charge in [0.15, 0.2) is 10.9 Å². The fourth-order valence-electron chi connectivity index (χ4n) is 3.17. The highest BCUT2D eigenvalue weighted by Gasteiger charge is 2.38. The van der Waals surface area contributed by atoms with Gasteiger partial charge in [-0.2, -0.15) is 0 Å². The number of carbonyl (C=O) groups is 1. The summed E-state index contributed by atoms with van der Waals surface area (Å²) in [6.07, 6.45) is 3.41. The SMILES string of the molecule is COCCCOc1cc2c(nc1Cl)C(=O)C(=CN(C)C)[C@@H](C(C)(C)C)C2. The van der Waals surface area contributed by atoms with Crippen LogP contribution in [0.15, 0.2) is 17.8 Å². The Kier molecular flexibility index (Phi) is 6.69. The third-order valence-corrected chi connectivity index (χ3v) is 4.76. The second-order valence-electron chi connectivity index (χ2n) is 7.98. The van der Waals surface area contributed by atoms with Gasteiger partial charge in [0.2, 0.25) is 5.78 Å². The van der Waals surface area contributed by atoms with Crippen LogP contribution in [0, 0.1) is 11.3 Å². The van der Waals surface area contributed by atoms with Crippen molar-refractivity contribution in [2.45, 2.75) is 33.6 Å². The zero-order valence-corrected chi connectivity index (χ0v) is 17.3. The van der Waals surface area contributed by atoms with Gasteiger partial charge in [-0.25, -0.2) is 4.98 Å². The van der Waals surface area contributed by atoms with E-state index in [1.54, 1.807) is 7.11 Å². The van der Waals surface area contributed by atoms with Gasteiger partial charge < -0.3 is 14.4 Å². The summed E-state index contributed by atoms with van der Waals surface area (Å²) in [6, 6.07) is 1.88. The van der Waals surface area contributed by atoms with Crippen molar-refractivity contribution in [2.75, 3.05) is 34.4 Å². The minimum Gasteiger partial charge on any atom is -0.490 e. The number of fused-ring (bicyclic) bond motifs is 1. The molecule has 0 spiro atoms. The van der Waals surface area contributed by atoms with Gasteiger partial charge in [0.1, 0.15) is 5.69 Å². The van der Waals surface area contributed by atoms with Crippen LogP contribution < -0.4 is 4.74 Å². The summed E-state index contributed by atoms with van der Waals surface area (Å²) in [6.45, 7) is 7.59. The third-order valence-electron chi connectivity index (χ3n) is 4.49. The van der Waals surface area contributed by atoms with Crippen molar-refractivity contribution in [3.63, 3.8) is 0 Å². The van der Waals surface area contributed by atoms with Crippen LogP contribution in [-0.2, 0) is 11.2 Å². The fourth-order valence-corrected chi connectivity index (χ4v) is 3.37. The molecule has 0 amide bonds. The van der Waals surface area contributed by atoms with E-state index >= 15 is 0 Å². The predicted octanol–water partition coefficient (Wildman–Crippen LogP) is 4.00. The number of carbonyl (C=O) groups excluding carboxylic acids is 1. The highest BCUT2D eigenvalue weighted by atomic mass is 35.5. The number of Topliss-reactive ketones (excluding diaryl/α,β-unsaturated/α-hetero) is 1. The topological polar surface area (TPSA) is 51.7 Å². The van der Waals surface area contributed by atoms with Gasteiger partial charge in [-0.05, 0) is 29.4 Å². The van der Waals surface area contributed by atoms with E-state index in [4.69, 9.17) is 21.1 Å². The molecule has 0 bridgehead atoms. The zero-order chi connectivity index (χ0) is 19.5. The molecule has 1 atom stereocenters. The Labute approximate surface area is 161 Å². The maximum atomic E-state index is 13.1. The Bertz CT molecular complexity index is 693. The predicted molar refractivity (Wildman–Crippen MR) is 104 cm³/mol. The first-order chi connectivity index (χ1) is 12.1. The molecule has 0 aromatic carbocycles. The second kappa shape index (κ2) is 8.40. The van der Waals surface area contributed by atoms with Crippen molar-refractivity contribution < 1.29 is 14.3 Å². The van der Waals surface area contributed by atoms with Gasteiger partial charge in [0.05, 0.1) is 6.61 Å². The number of rotatable bonds is 6. The molecular formula is C20H29ClN2O3. The van der Waals surface area contributed by atoms with E-state index in [1.807, 2.05) is 31.3 Å². The van der Waals surface area contributed by atoms with E-state index in [0.717, 1.165) is 24.0 Å². The molecule has 1 aliphatic rings. The highest BCUT2D eigenvalue weighted by Crippen LogP contribution is 2.42. The molecule has 1 aromatic heterocycles. The van der Waals surface area contributed by atoms with Gasteiger partial charge in [0, 0.05) is 46.0 Å². The Balaban J connectivity index is 2.38. The molecule has 0 N–H and O–H groups in total. The molecule has 2 rings (SSSR count). The number of aromatic nitrogens is 1. The number of allylic oxidation sites excluding steroid dienone is 1. The number of nitrogens with zero attached hydrogens (tertiary/aromatic N) is 2. The lowest BCUT2D eigenvalue weighted by Crippen LogP contribution is -2.34. The Morgan fingerprint density at radius 3 is 2.62 bits per heavy atom. The Morgan fingerprint density at radius 2 is 2.04 bits per heavy atom. The van der Waals surface area contributed by atoms with Gasteiger partial charge >= 0.3 is 0 Å². The van der Waals surface area contributed by atoms with E-state index in [-0.39, 0.29) is 22.3 Å². The second-order valence-corrected chi connectivity index (χ2v) is 8.34. The smallest absolute Gasteiger partial charge is 0.209 e. The van der Waals surface area contributed by atoms with Crippen molar-refractivity contribution in [2.24, 2.45) is 11.3 Å². The minimum atomic E-state index is -0.0484. The van der Waals surface area contributed by atoms with Crippen molar-refractivity contribution in [1.29, 1.82) is 0 Å². The normalized spacial score (nSPS) is 18.8. The molecule has 0 aliphatic heterocycles. The van der Waals surface area contributed by atoms with Crippen LogP contribution in [0.2, 0.25) is 5.15 Å². The third kappa shape index (κ3) is 4.77. The van der Waals surface area contributed by atoms with E-state index < -0.39 is 0 Å². The van der Waals surface area contributed by atoms with Crippen molar-refractivity contribution >= 4 is 17.4 Å². The summed E-state index contributed by atoms with van der Waals surface area (Å²) in [5, 5.41) is 0.230. The minimum absolute atomic E-state index is 0.0473. The molecule has 0 fully saturated rings. The zero-order valence-electron chi connectivity index (χ0n) is 16.6. The van der Waals surface area contributed by atoms with Crippen LogP contribution in [0.5, 0.6) is 5.75 Å². The number of hydrogen-bond donors (Lipinski definition) is 0. The standard InChI is InChI=1S/C20H29ClN2O3/c1-20(2,3)15-10-13-11-16(26-9-7-8-25-6)19(21)22-17(13)18(24)14(15)12-23(4)5/h11-12,15H,7-10H2,1-6H3/t15-/m0/s1. The monoisotopic (exact) mass is 380 g/mol. The molecule has 1 aliphatic carbocycles. The molecule has 5 nitrogen and oxygen atoms in total.